The normalized spacial score (nSPS) is 19.9. The molecular weight excluding hydrogens is 228 g/mol. The molecule has 4 amide bonds. The van der Waals surface area contributed by atoms with Crippen molar-refractivity contribution in [2.75, 3.05) is 19.6 Å². The molecule has 1 saturated heterocycles. The maximum atomic E-state index is 11.7. The van der Waals surface area contributed by atoms with E-state index in [9.17, 15) is 19.2 Å². The molecule has 1 fully saturated rings. The Balaban J connectivity index is 2.58. The molecule has 1 atom stereocenters. The van der Waals surface area contributed by atoms with Crippen molar-refractivity contribution >= 4 is 23.6 Å². The van der Waals surface area contributed by atoms with Gasteiger partial charge in [0.1, 0.15) is 12.6 Å². The van der Waals surface area contributed by atoms with Gasteiger partial charge >= 0.3 is 0 Å². The van der Waals surface area contributed by atoms with Crippen molar-refractivity contribution in [1.29, 1.82) is 0 Å². The van der Waals surface area contributed by atoms with Crippen LogP contribution in [0.2, 0.25) is 0 Å². The van der Waals surface area contributed by atoms with Crippen molar-refractivity contribution in [1.82, 2.24) is 15.5 Å². The fraction of sp³-hybridized carbons (Fsp3) is 0.556. The molecule has 1 aliphatic heterocycles. The monoisotopic (exact) mass is 242 g/mol. The Labute approximate surface area is 97.5 Å². The van der Waals surface area contributed by atoms with Gasteiger partial charge in [0.25, 0.3) is 0 Å². The van der Waals surface area contributed by atoms with Crippen LogP contribution < -0.4 is 16.4 Å². The molecule has 1 heterocycles. The van der Waals surface area contributed by atoms with Crippen LogP contribution in [0.4, 0.5) is 0 Å². The molecule has 1 aliphatic rings. The van der Waals surface area contributed by atoms with Crippen molar-refractivity contribution in [3.05, 3.63) is 0 Å². The minimum atomic E-state index is -0.727. The van der Waals surface area contributed by atoms with Gasteiger partial charge in [-0.15, -0.1) is 0 Å². The number of nitrogens with zero attached hydrogens (tertiary/aromatic N) is 1. The van der Waals surface area contributed by atoms with Gasteiger partial charge < -0.3 is 16.0 Å². The highest BCUT2D eigenvalue weighted by Crippen LogP contribution is 2.04. The van der Waals surface area contributed by atoms with Gasteiger partial charge in [-0.2, -0.15) is 0 Å². The predicted molar refractivity (Wildman–Crippen MR) is 56.4 cm³/mol. The average Bonchev–Trinajstić information content (AvgIpc) is 2.30. The third-order valence-corrected chi connectivity index (χ3v) is 2.37. The summed E-state index contributed by atoms with van der Waals surface area (Å²) in [4.78, 5) is 46.0. The second kappa shape index (κ2) is 5.39. The lowest BCUT2D eigenvalue weighted by molar-refractivity contribution is -0.149. The van der Waals surface area contributed by atoms with Crippen LogP contribution in [0.5, 0.6) is 0 Å². The smallest absolute Gasteiger partial charge is 0.249 e. The predicted octanol–water partition coefficient (Wildman–Crippen LogP) is -3.07. The largest absolute Gasteiger partial charge is 0.346 e. The van der Waals surface area contributed by atoms with E-state index in [0.29, 0.717) is 0 Å². The summed E-state index contributed by atoms with van der Waals surface area (Å²) in [7, 11) is 0. The summed E-state index contributed by atoms with van der Waals surface area (Å²) in [5.41, 5.74) is 5.05. The number of hydrogen-bond donors (Lipinski definition) is 3. The molecule has 8 heteroatoms. The number of imide groups is 1. The number of rotatable bonds is 3. The number of piperazine rings is 1. The Morgan fingerprint density at radius 2 is 2.18 bits per heavy atom. The first-order valence-electron chi connectivity index (χ1n) is 5.05. The zero-order valence-corrected chi connectivity index (χ0v) is 9.36. The first kappa shape index (κ1) is 13.1. The summed E-state index contributed by atoms with van der Waals surface area (Å²) in [5.74, 6) is -2.03. The fourth-order valence-electron chi connectivity index (χ4n) is 1.37. The van der Waals surface area contributed by atoms with Gasteiger partial charge in [0.05, 0.1) is 13.1 Å². The Morgan fingerprint density at radius 3 is 2.76 bits per heavy atom. The van der Waals surface area contributed by atoms with Crippen LogP contribution in [0, 0.1) is 0 Å². The third-order valence-electron chi connectivity index (χ3n) is 2.37. The SMILES string of the molecule is CC1C(=O)NC(=O)CN1C(=O)CNC(=O)CN. The minimum Gasteiger partial charge on any atom is -0.346 e. The molecule has 0 radical (unpaired) electrons. The van der Waals surface area contributed by atoms with Crippen LogP contribution in [0.15, 0.2) is 0 Å². The number of carbonyl (C=O) groups excluding carboxylic acids is 4. The van der Waals surface area contributed by atoms with Crippen LogP contribution in [0.3, 0.4) is 0 Å². The zero-order valence-electron chi connectivity index (χ0n) is 9.36. The summed E-state index contributed by atoms with van der Waals surface area (Å²) in [6, 6.07) is -0.727. The molecule has 1 rings (SSSR count). The summed E-state index contributed by atoms with van der Waals surface area (Å²) in [6.45, 7) is 0.817. The van der Waals surface area contributed by atoms with Crippen LogP contribution in [0.25, 0.3) is 0 Å². The zero-order chi connectivity index (χ0) is 13.0. The van der Waals surface area contributed by atoms with E-state index in [1.54, 1.807) is 0 Å². The highest BCUT2D eigenvalue weighted by Gasteiger charge is 2.33. The van der Waals surface area contributed by atoms with E-state index in [1.807, 2.05) is 0 Å². The molecule has 17 heavy (non-hydrogen) atoms. The number of nitrogens with two attached hydrogens (primary N) is 1. The molecular formula is C9H14N4O4. The highest BCUT2D eigenvalue weighted by atomic mass is 16.2. The topological polar surface area (TPSA) is 122 Å². The molecule has 0 aromatic rings. The first-order chi connectivity index (χ1) is 7.95. The van der Waals surface area contributed by atoms with Crippen molar-refractivity contribution < 1.29 is 19.2 Å². The second-order valence-electron chi connectivity index (χ2n) is 3.59. The Kier molecular flexibility index (Phi) is 4.16. The van der Waals surface area contributed by atoms with E-state index in [-0.39, 0.29) is 19.6 Å². The van der Waals surface area contributed by atoms with E-state index in [1.165, 1.54) is 6.92 Å². The second-order valence-corrected chi connectivity index (χ2v) is 3.59. The van der Waals surface area contributed by atoms with E-state index < -0.39 is 29.7 Å². The molecule has 0 aromatic carbocycles. The quantitative estimate of drug-likeness (QED) is 0.453. The van der Waals surface area contributed by atoms with Crippen molar-refractivity contribution in [3.8, 4) is 0 Å². The van der Waals surface area contributed by atoms with Crippen LogP contribution >= 0.6 is 0 Å². The lowest BCUT2D eigenvalue weighted by Gasteiger charge is -2.31. The van der Waals surface area contributed by atoms with Gasteiger partial charge in [0, 0.05) is 0 Å². The molecule has 1 unspecified atom stereocenters. The maximum absolute atomic E-state index is 11.7. The molecule has 8 nitrogen and oxygen atoms in total. The average molecular weight is 242 g/mol. The summed E-state index contributed by atoms with van der Waals surface area (Å²) in [5, 5.41) is 4.39. The van der Waals surface area contributed by atoms with E-state index >= 15 is 0 Å². The lowest BCUT2D eigenvalue weighted by atomic mass is 10.2. The van der Waals surface area contributed by atoms with Crippen molar-refractivity contribution in [2.24, 2.45) is 5.73 Å². The number of hydrogen-bond acceptors (Lipinski definition) is 5. The maximum Gasteiger partial charge on any atom is 0.249 e. The molecule has 94 valence electrons. The summed E-state index contributed by atoms with van der Waals surface area (Å²) >= 11 is 0. The van der Waals surface area contributed by atoms with Gasteiger partial charge in [-0.3, -0.25) is 24.5 Å². The Bertz CT molecular complexity index is 368. The third kappa shape index (κ3) is 3.25. The van der Waals surface area contributed by atoms with Crippen LogP contribution in [-0.2, 0) is 19.2 Å². The van der Waals surface area contributed by atoms with Gasteiger partial charge in [0.15, 0.2) is 0 Å². The first-order valence-corrected chi connectivity index (χ1v) is 5.05. The Morgan fingerprint density at radius 1 is 1.53 bits per heavy atom. The molecule has 0 aliphatic carbocycles. The van der Waals surface area contributed by atoms with E-state index in [0.717, 1.165) is 4.90 Å². The number of nitrogens with one attached hydrogen (secondary N) is 2. The molecule has 0 saturated carbocycles. The Hall–Kier alpha value is -1.96. The van der Waals surface area contributed by atoms with Crippen LogP contribution in [0.1, 0.15) is 6.92 Å². The van der Waals surface area contributed by atoms with E-state index in [4.69, 9.17) is 5.73 Å². The number of amides is 4. The molecule has 0 bridgehead atoms. The fourth-order valence-corrected chi connectivity index (χ4v) is 1.37. The van der Waals surface area contributed by atoms with Gasteiger partial charge in [-0.25, -0.2) is 0 Å². The van der Waals surface area contributed by atoms with Crippen molar-refractivity contribution in [2.45, 2.75) is 13.0 Å². The van der Waals surface area contributed by atoms with Gasteiger partial charge in [0.2, 0.25) is 23.6 Å². The van der Waals surface area contributed by atoms with Crippen molar-refractivity contribution in [3.63, 3.8) is 0 Å². The molecule has 0 aromatic heterocycles. The summed E-state index contributed by atoms with van der Waals surface area (Å²) < 4.78 is 0. The summed E-state index contributed by atoms with van der Waals surface area (Å²) in [6.07, 6.45) is 0. The number of carbonyl (C=O) groups is 4. The van der Waals surface area contributed by atoms with E-state index in [2.05, 4.69) is 10.6 Å². The van der Waals surface area contributed by atoms with Crippen LogP contribution in [-0.4, -0.2) is 54.2 Å². The highest BCUT2D eigenvalue weighted by molar-refractivity contribution is 6.04. The van der Waals surface area contributed by atoms with Gasteiger partial charge in [-0.1, -0.05) is 0 Å². The molecule has 4 N–H and O–H groups in total. The minimum absolute atomic E-state index is 0.190. The molecule has 0 spiro atoms. The van der Waals surface area contributed by atoms with Gasteiger partial charge in [-0.05, 0) is 6.92 Å². The standard InChI is InChI=1S/C9H14N4O4/c1-5-9(17)12-7(15)4-13(5)8(16)3-11-6(14)2-10/h5H,2-4,10H2,1H3,(H,11,14)(H,12,15,17). The lowest BCUT2D eigenvalue weighted by Crippen LogP contribution is -2.60.